The van der Waals surface area contributed by atoms with Crippen LogP contribution in [0.5, 0.6) is 0 Å². The fourth-order valence-electron chi connectivity index (χ4n) is 1.26. The average molecular weight is 245 g/mol. The first kappa shape index (κ1) is 10.8. The van der Waals surface area contributed by atoms with Gasteiger partial charge in [-0.3, -0.25) is 4.68 Å². The largest absolute Gasteiger partial charge is 0.273 e. The van der Waals surface area contributed by atoms with Crippen LogP contribution in [0.15, 0.2) is 6.07 Å². The van der Waals surface area contributed by atoms with Crippen LogP contribution in [0.3, 0.4) is 0 Å². The van der Waals surface area contributed by atoms with Gasteiger partial charge in [-0.2, -0.15) is 5.10 Å². The first-order valence-corrected chi connectivity index (χ1v) is 5.62. The van der Waals surface area contributed by atoms with E-state index >= 15 is 0 Å². The van der Waals surface area contributed by atoms with Crippen molar-refractivity contribution in [2.75, 3.05) is 5.33 Å². The Bertz CT molecular complexity index is 270. The fraction of sp³-hybridized carbons (Fsp3) is 0.700. The molecule has 0 aliphatic rings. The van der Waals surface area contributed by atoms with Crippen molar-refractivity contribution in [2.45, 2.75) is 27.2 Å². The van der Waals surface area contributed by atoms with Crippen molar-refractivity contribution in [3.8, 4) is 0 Å². The van der Waals surface area contributed by atoms with Crippen LogP contribution in [0.25, 0.3) is 0 Å². The Balaban J connectivity index is 2.75. The molecule has 0 N–H and O–H groups in total. The lowest BCUT2D eigenvalue weighted by molar-refractivity contribution is 0.417. The monoisotopic (exact) mass is 244 g/mol. The quantitative estimate of drug-likeness (QED) is 0.748. The van der Waals surface area contributed by atoms with Crippen LogP contribution in [-0.2, 0) is 13.5 Å². The summed E-state index contributed by atoms with van der Waals surface area (Å²) >= 11 is 3.52. The molecule has 0 fully saturated rings. The first-order valence-electron chi connectivity index (χ1n) is 4.50. The van der Waals surface area contributed by atoms with Crippen molar-refractivity contribution in [3.63, 3.8) is 0 Å². The van der Waals surface area contributed by atoms with E-state index in [4.69, 9.17) is 0 Å². The Labute approximate surface area is 88.5 Å². The van der Waals surface area contributed by atoms with E-state index in [1.165, 1.54) is 11.4 Å². The molecule has 1 aromatic rings. The summed E-state index contributed by atoms with van der Waals surface area (Å²) in [5.74, 6) is 0. The molecule has 0 atom stereocenters. The maximum absolute atomic E-state index is 4.44. The predicted octanol–water partition coefficient (Wildman–Crippen LogP) is 2.69. The van der Waals surface area contributed by atoms with Gasteiger partial charge in [-0.1, -0.05) is 29.8 Å². The third-order valence-electron chi connectivity index (χ3n) is 2.19. The van der Waals surface area contributed by atoms with Gasteiger partial charge in [0.1, 0.15) is 0 Å². The number of hydrogen-bond donors (Lipinski definition) is 0. The number of nitrogens with zero attached hydrogens (tertiary/aromatic N) is 2. The molecular weight excluding hydrogens is 228 g/mol. The van der Waals surface area contributed by atoms with E-state index in [0.717, 1.165) is 11.8 Å². The van der Waals surface area contributed by atoms with E-state index in [2.05, 4.69) is 47.9 Å². The number of hydrogen-bond acceptors (Lipinski definition) is 1. The molecule has 0 aliphatic heterocycles. The van der Waals surface area contributed by atoms with Gasteiger partial charge in [0.25, 0.3) is 0 Å². The minimum Gasteiger partial charge on any atom is -0.273 e. The summed E-state index contributed by atoms with van der Waals surface area (Å²) < 4.78 is 1.93. The van der Waals surface area contributed by atoms with Crippen molar-refractivity contribution < 1.29 is 0 Å². The van der Waals surface area contributed by atoms with Crippen molar-refractivity contribution in [2.24, 2.45) is 12.5 Å². The fourth-order valence-corrected chi connectivity index (χ4v) is 1.46. The second kappa shape index (κ2) is 3.82. The highest BCUT2D eigenvalue weighted by Gasteiger charge is 2.18. The molecule has 0 bridgehead atoms. The summed E-state index contributed by atoms with van der Waals surface area (Å²) in [5.41, 5.74) is 2.70. The number of aryl methyl sites for hydroxylation is 2. The average Bonchev–Trinajstić information content (AvgIpc) is 2.30. The summed E-state index contributed by atoms with van der Waals surface area (Å²) in [6, 6.07) is 2.16. The molecule has 0 saturated carbocycles. The van der Waals surface area contributed by atoms with Crippen LogP contribution in [0.1, 0.15) is 25.2 Å². The van der Waals surface area contributed by atoms with Crippen LogP contribution in [0.4, 0.5) is 0 Å². The number of rotatable bonds is 3. The maximum Gasteiger partial charge on any atom is 0.0632 e. The molecule has 0 spiro atoms. The van der Waals surface area contributed by atoms with Crippen molar-refractivity contribution >= 4 is 15.9 Å². The lowest BCUT2D eigenvalue weighted by Gasteiger charge is -2.19. The third-order valence-corrected chi connectivity index (χ3v) is 3.70. The van der Waals surface area contributed by atoms with Gasteiger partial charge in [-0.05, 0) is 24.8 Å². The molecule has 0 aliphatic carbocycles. The third kappa shape index (κ3) is 2.83. The summed E-state index contributed by atoms with van der Waals surface area (Å²) in [6.45, 7) is 6.56. The zero-order valence-corrected chi connectivity index (χ0v) is 10.3. The Hall–Kier alpha value is -0.310. The normalized spacial score (nSPS) is 12.1. The van der Waals surface area contributed by atoms with E-state index in [1.807, 2.05) is 11.7 Å². The van der Waals surface area contributed by atoms with Crippen molar-refractivity contribution in [1.29, 1.82) is 0 Å². The highest BCUT2D eigenvalue weighted by atomic mass is 79.9. The van der Waals surface area contributed by atoms with Crippen LogP contribution < -0.4 is 0 Å². The number of alkyl halides is 1. The minimum atomic E-state index is 0.292. The molecular formula is C10H17BrN2. The van der Waals surface area contributed by atoms with Gasteiger partial charge in [-0.15, -0.1) is 0 Å². The van der Waals surface area contributed by atoms with Gasteiger partial charge >= 0.3 is 0 Å². The zero-order valence-electron chi connectivity index (χ0n) is 8.76. The molecule has 3 heteroatoms. The van der Waals surface area contributed by atoms with Crippen molar-refractivity contribution in [3.05, 3.63) is 17.5 Å². The smallest absolute Gasteiger partial charge is 0.0632 e. The standard InChI is InChI=1S/C10H17BrN2/c1-8-5-9(12-13(8)4)6-10(2,3)7-11/h5H,6-7H2,1-4H3. The Morgan fingerprint density at radius 2 is 2.15 bits per heavy atom. The summed E-state index contributed by atoms with van der Waals surface area (Å²) in [4.78, 5) is 0. The van der Waals surface area contributed by atoms with E-state index in [-0.39, 0.29) is 0 Å². The van der Waals surface area contributed by atoms with Gasteiger partial charge in [0.2, 0.25) is 0 Å². The highest BCUT2D eigenvalue weighted by molar-refractivity contribution is 9.09. The lowest BCUT2D eigenvalue weighted by atomic mass is 9.90. The molecule has 1 heterocycles. The van der Waals surface area contributed by atoms with E-state index in [0.29, 0.717) is 5.41 Å². The molecule has 13 heavy (non-hydrogen) atoms. The number of aromatic nitrogens is 2. The molecule has 0 aromatic carbocycles. The van der Waals surface area contributed by atoms with Gasteiger partial charge in [0.05, 0.1) is 5.69 Å². The second-order valence-corrected chi connectivity index (χ2v) is 4.94. The second-order valence-electron chi connectivity index (χ2n) is 4.38. The van der Waals surface area contributed by atoms with Gasteiger partial charge in [0.15, 0.2) is 0 Å². The SMILES string of the molecule is Cc1cc(CC(C)(C)CBr)nn1C. The summed E-state index contributed by atoms with van der Waals surface area (Å²) in [5, 5.41) is 5.45. The van der Waals surface area contributed by atoms with E-state index in [9.17, 15) is 0 Å². The molecule has 2 nitrogen and oxygen atoms in total. The summed E-state index contributed by atoms with van der Waals surface area (Å²) in [6.07, 6.45) is 1.03. The zero-order chi connectivity index (χ0) is 10.1. The first-order chi connectivity index (χ1) is 5.94. The number of halogens is 1. The molecule has 0 saturated heterocycles. The van der Waals surface area contributed by atoms with Gasteiger partial charge in [-0.25, -0.2) is 0 Å². The van der Waals surface area contributed by atoms with Crippen molar-refractivity contribution in [1.82, 2.24) is 9.78 Å². The molecule has 0 unspecified atom stereocenters. The Morgan fingerprint density at radius 1 is 1.54 bits per heavy atom. The van der Waals surface area contributed by atoms with E-state index < -0.39 is 0 Å². The molecule has 0 radical (unpaired) electrons. The molecule has 74 valence electrons. The topological polar surface area (TPSA) is 17.8 Å². The lowest BCUT2D eigenvalue weighted by Crippen LogP contribution is -2.16. The van der Waals surface area contributed by atoms with Crippen LogP contribution >= 0.6 is 15.9 Å². The van der Waals surface area contributed by atoms with Gasteiger partial charge < -0.3 is 0 Å². The Kier molecular flexibility index (Phi) is 3.17. The van der Waals surface area contributed by atoms with E-state index in [1.54, 1.807) is 0 Å². The van der Waals surface area contributed by atoms with Crippen LogP contribution in [-0.4, -0.2) is 15.1 Å². The molecule has 1 aromatic heterocycles. The van der Waals surface area contributed by atoms with Crippen LogP contribution in [0, 0.1) is 12.3 Å². The molecule has 0 amide bonds. The van der Waals surface area contributed by atoms with Crippen LogP contribution in [0.2, 0.25) is 0 Å². The predicted molar refractivity (Wildman–Crippen MR) is 59.2 cm³/mol. The highest BCUT2D eigenvalue weighted by Crippen LogP contribution is 2.23. The minimum absolute atomic E-state index is 0.292. The molecule has 1 rings (SSSR count). The Morgan fingerprint density at radius 3 is 2.54 bits per heavy atom. The summed E-state index contributed by atoms with van der Waals surface area (Å²) in [7, 11) is 1.99. The maximum atomic E-state index is 4.44. The van der Waals surface area contributed by atoms with Gasteiger partial charge in [0, 0.05) is 18.1 Å².